The molecule has 1 atom stereocenters. The van der Waals surface area contributed by atoms with Crippen molar-refractivity contribution in [3.05, 3.63) is 34.5 Å². The number of aliphatic hydroxyl groups is 1. The van der Waals surface area contributed by atoms with Crippen molar-refractivity contribution in [2.45, 2.75) is 46.8 Å². The third kappa shape index (κ3) is 2.20. The molecule has 1 aromatic carbocycles. The van der Waals surface area contributed by atoms with Gasteiger partial charge in [-0.3, -0.25) is 0 Å². The largest absolute Gasteiger partial charge is 0.478 e. The molecule has 1 aromatic heterocycles. The van der Waals surface area contributed by atoms with Gasteiger partial charge in [0.1, 0.15) is 0 Å². The monoisotopic (exact) mass is 275 g/mol. The number of aromatic carboxylic acids is 1. The number of carboxylic acid groups (broad SMARTS) is 1. The van der Waals surface area contributed by atoms with Gasteiger partial charge in [-0.25, -0.2) is 4.79 Å². The van der Waals surface area contributed by atoms with Crippen LogP contribution in [-0.2, 0) is 6.54 Å². The minimum absolute atomic E-state index is 0.309. The van der Waals surface area contributed by atoms with Crippen LogP contribution in [0.2, 0.25) is 0 Å². The molecule has 2 rings (SSSR count). The van der Waals surface area contributed by atoms with Crippen LogP contribution in [0.5, 0.6) is 0 Å². The molecule has 0 bridgehead atoms. The highest BCUT2D eigenvalue weighted by atomic mass is 16.4. The van der Waals surface area contributed by atoms with E-state index < -0.39 is 12.1 Å². The molecular weight excluding hydrogens is 254 g/mol. The van der Waals surface area contributed by atoms with Crippen molar-refractivity contribution in [2.75, 3.05) is 0 Å². The maximum absolute atomic E-state index is 11.5. The summed E-state index contributed by atoms with van der Waals surface area (Å²) in [6, 6.07) is 3.66. The average Bonchev–Trinajstić information content (AvgIpc) is 2.61. The van der Waals surface area contributed by atoms with Crippen molar-refractivity contribution < 1.29 is 15.0 Å². The number of hydrogen-bond acceptors (Lipinski definition) is 2. The van der Waals surface area contributed by atoms with Gasteiger partial charge in [0.15, 0.2) is 0 Å². The van der Waals surface area contributed by atoms with Crippen LogP contribution in [-0.4, -0.2) is 20.7 Å². The van der Waals surface area contributed by atoms with Gasteiger partial charge < -0.3 is 14.8 Å². The lowest BCUT2D eigenvalue weighted by atomic mass is 10.0. The Kier molecular flexibility index (Phi) is 3.86. The predicted octanol–water partition coefficient (Wildman–Crippen LogP) is 3.42. The summed E-state index contributed by atoms with van der Waals surface area (Å²) in [7, 11) is 0. The highest BCUT2D eigenvalue weighted by molar-refractivity contribution is 6.04. The molecule has 108 valence electrons. The van der Waals surface area contributed by atoms with Crippen molar-refractivity contribution in [3.8, 4) is 0 Å². The fourth-order valence-electron chi connectivity index (χ4n) is 2.98. The summed E-state index contributed by atoms with van der Waals surface area (Å²) in [5, 5.41) is 20.4. The van der Waals surface area contributed by atoms with Gasteiger partial charge in [-0.1, -0.05) is 6.92 Å². The van der Waals surface area contributed by atoms with Crippen molar-refractivity contribution in [3.63, 3.8) is 0 Å². The highest BCUT2D eigenvalue weighted by Gasteiger charge is 2.22. The van der Waals surface area contributed by atoms with Gasteiger partial charge in [-0.2, -0.15) is 0 Å². The first-order chi connectivity index (χ1) is 9.38. The maximum atomic E-state index is 11.5. The van der Waals surface area contributed by atoms with Crippen molar-refractivity contribution >= 4 is 16.9 Å². The third-order valence-corrected chi connectivity index (χ3v) is 3.70. The lowest BCUT2D eigenvalue weighted by Crippen LogP contribution is -2.05. The zero-order valence-corrected chi connectivity index (χ0v) is 12.4. The lowest BCUT2D eigenvalue weighted by Gasteiger charge is -2.09. The highest BCUT2D eigenvalue weighted by Crippen LogP contribution is 2.34. The summed E-state index contributed by atoms with van der Waals surface area (Å²) in [4.78, 5) is 11.5. The summed E-state index contributed by atoms with van der Waals surface area (Å²) in [6.07, 6.45) is 0.302. The van der Waals surface area contributed by atoms with Gasteiger partial charge in [0.25, 0.3) is 0 Å². The van der Waals surface area contributed by atoms with Crippen molar-refractivity contribution in [2.24, 2.45) is 0 Å². The number of aromatic nitrogens is 1. The smallest absolute Gasteiger partial charge is 0.337 e. The van der Waals surface area contributed by atoms with Gasteiger partial charge in [-0.15, -0.1) is 0 Å². The number of rotatable bonds is 4. The summed E-state index contributed by atoms with van der Waals surface area (Å²) < 4.78 is 2.01. The summed E-state index contributed by atoms with van der Waals surface area (Å²) in [5.41, 5.74) is 3.71. The fourth-order valence-corrected chi connectivity index (χ4v) is 2.98. The van der Waals surface area contributed by atoms with Crippen LogP contribution in [0.25, 0.3) is 10.9 Å². The van der Waals surface area contributed by atoms with Gasteiger partial charge in [0, 0.05) is 23.2 Å². The molecule has 0 aliphatic rings. The minimum Gasteiger partial charge on any atom is -0.478 e. The SMILES string of the molecule is CCCn1c(C)c(C(C)O)c2cc(C)cc(C(=O)O)c21. The van der Waals surface area contributed by atoms with E-state index in [4.69, 9.17) is 0 Å². The molecule has 0 fully saturated rings. The lowest BCUT2D eigenvalue weighted by molar-refractivity contribution is 0.0698. The van der Waals surface area contributed by atoms with Gasteiger partial charge in [0.05, 0.1) is 17.2 Å². The van der Waals surface area contributed by atoms with Crippen molar-refractivity contribution in [1.82, 2.24) is 4.57 Å². The first kappa shape index (κ1) is 14.6. The van der Waals surface area contributed by atoms with Crippen LogP contribution >= 0.6 is 0 Å². The van der Waals surface area contributed by atoms with E-state index in [0.717, 1.165) is 40.7 Å². The van der Waals surface area contributed by atoms with E-state index in [1.807, 2.05) is 24.5 Å². The van der Waals surface area contributed by atoms with E-state index in [0.29, 0.717) is 5.56 Å². The summed E-state index contributed by atoms with van der Waals surface area (Å²) in [5.74, 6) is -0.925. The minimum atomic E-state index is -0.925. The predicted molar refractivity (Wildman–Crippen MR) is 79.3 cm³/mol. The van der Waals surface area contributed by atoms with E-state index in [2.05, 4.69) is 6.92 Å². The second-order valence-electron chi connectivity index (χ2n) is 5.34. The first-order valence-electron chi connectivity index (χ1n) is 6.93. The van der Waals surface area contributed by atoms with Crippen LogP contribution in [0.1, 0.15) is 53.6 Å². The number of aryl methyl sites for hydroxylation is 2. The molecule has 1 unspecified atom stereocenters. The van der Waals surface area contributed by atoms with E-state index >= 15 is 0 Å². The van der Waals surface area contributed by atoms with Crippen LogP contribution in [0.3, 0.4) is 0 Å². The third-order valence-electron chi connectivity index (χ3n) is 3.70. The molecule has 0 saturated carbocycles. The van der Waals surface area contributed by atoms with E-state index in [1.165, 1.54) is 0 Å². The second-order valence-corrected chi connectivity index (χ2v) is 5.34. The average molecular weight is 275 g/mol. The van der Waals surface area contributed by atoms with Crippen LogP contribution in [0, 0.1) is 13.8 Å². The summed E-state index contributed by atoms with van der Waals surface area (Å²) >= 11 is 0. The number of benzene rings is 1. The van der Waals surface area contributed by atoms with Gasteiger partial charge in [0.2, 0.25) is 0 Å². The Morgan fingerprint density at radius 2 is 2.00 bits per heavy atom. The Labute approximate surface area is 118 Å². The maximum Gasteiger partial charge on any atom is 0.337 e. The molecule has 4 heteroatoms. The van der Waals surface area contributed by atoms with Crippen LogP contribution < -0.4 is 0 Å². The Morgan fingerprint density at radius 3 is 2.50 bits per heavy atom. The molecule has 2 N–H and O–H groups in total. The molecule has 2 aromatic rings. The molecule has 1 heterocycles. The zero-order valence-electron chi connectivity index (χ0n) is 12.4. The van der Waals surface area contributed by atoms with Crippen LogP contribution in [0.4, 0.5) is 0 Å². The van der Waals surface area contributed by atoms with Crippen LogP contribution in [0.15, 0.2) is 12.1 Å². The number of carboxylic acids is 1. The summed E-state index contributed by atoms with van der Waals surface area (Å²) in [6.45, 7) is 8.35. The number of nitrogens with zero attached hydrogens (tertiary/aromatic N) is 1. The quantitative estimate of drug-likeness (QED) is 0.898. The molecule has 0 aliphatic carbocycles. The van der Waals surface area contributed by atoms with Gasteiger partial charge in [-0.05, 0) is 44.9 Å². The Hall–Kier alpha value is -1.81. The van der Waals surface area contributed by atoms with Gasteiger partial charge >= 0.3 is 5.97 Å². The zero-order chi connectivity index (χ0) is 15.0. The molecule has 0 radical (unpaired) electrons. The molecule has 0 saturated heterocycles. The van der Waals surface area contributed by atoms with Crippen molar-refractivity contribution in [1.29, 1.82) is 0 Å². The standard InChI is InChI=1S/C16H21NO3/c1-5-6-17-10(3)14(11(4)18)12-7-9(2)8-13(15(12)17)16(19)20/h7-8,11,18H,5-6H2,1-4H3,(H,19,20). The fraction of sp³-hybridized carbons (Fsp3) is 0.438. The number of hydrogen-bond donors (Lipinski definition) is 2. The van der Waals surface area contributed by atoms with E-state index in [-0.39, 0.29) is 0 Å². The molecule has 4 nitrogen and oxygen atoms in total. The Bertz CT molecular complexity index is 668. The number of fused-ring (bicyclic) bond motifs is 1. The Morgan fingerprint density at radius 1 is 1.35 bits per heavy atom. The molecule has 0 amide bonds. The number of carbonyl (C=O) groups is 1. The molecule has 0 spiro atoms. The second kappa shape index (κ2) is 5.29. The normalized spacial score (nSPS) is 12.8. The number of aliphatic hydroxyl groups excluding tert-OH is 1. The molecular formula is C16H21NO3. The van der Waals surface area contributed by atoms with E-state index in [9.17, 15) is 15.0 Å². The molecule has 20 heavy (non-hydrogen) atoms. The topological polar surface area (TPSA) is 62.5 Å². The van der Waals surface area contributed by atoms with E-state index in [1.54, 1.807) is 13.0 Å². The molecule has 0 aliphatic heterocycles. The Balaban J connectivity index is 2.96. The first-order valence-corrected chi connectivity index (χ1v) is 6.93.